The summed E-state index contributed by atoms with van der Waals surface area (Å²) in [5, 5.41) is 44.4. The van der Waals surface area contributed by atoms with Crippen LogP contribution in [0.4, 0.5) is 13.2 Å². The summed E-state index contributed by atoms with van der Waals surface area (Å²) in [7, 11) is 0. The number of carbonyl (C=O) groups excluding carboxylic acids is 3. The Balaban J connectivity index is 1.40. The summed E-state index contributed by atoms with van der Waals surface area (Å²) in [6, 6.07) is 1.000. The molecule has 6 N–H and O–H groups in total. The number of alkyl halides is 3. The van der Waals surface area contributed by atoms with Crippen molar-refractivity contribution in [1.29, 1.82) is 0 Å². The molecule has 6 atom stereocenters. The first-order chi connectivity index (χ1) is 22.8. The zero-order chi connectivity index (χ0) is 36.0. The van der Waals surface area contributed by atoms with Crippen LogP contribution in [0.5, 0.6) is 5.75 Å². The number of hydrogen-bond donors (Lipinski definition) is 5. The van der Waals surface area contributed by atoms with Gasteiger partial charge >= 0.3 is 6.18 Å². The molecule has 0 aliphatic heterocycles. The number of benzene rings is 1. The molecule has 2 saturated carbocycles. The third-order valence-electron chi connectivity index (χ3n) is 12.6. The second kappa shape index (κ2) is 12.1. The fraction of sp³-hybridized carbons (Fsp3) is 0.649. The Hall–Kier alpha value is -3.38. The Kier molecular flexibility index (Phi) is 8.78. The zero-order valence-electron chi connectivity index (χ0n) is 28.5. The number of halogens is 3. The minimum absolute atomic E-state index is 0.0622. The van der Waals surface area contributed by atoms with Crippen molar-refractivity contribution in [1.82, 2.24) is 4.90 Å². The number of nitrogens with two attached hydrogens (primary N) is 1. The van der Waals surface area contributed by atoms with Gasteiger partial charge in [0.25, 0.3) is 5.91 Å². The largest absolute Gasteiger partial charge is 0.511 e. The van der Waals surface area contributed by atoms with Crippen LogP contribution in [0.2, 0.25) is 0 Å². The summed E-state index contributed by atoms with van der Waals surface area (Å²) in [6.45, 7) is 10.1. The Bertz CT molecular complexity index is 1660. The minimum Gasteiger partial charge on any atom is -0.511 e. The van der Waals surface area contributed by atoms with Crippen LogP contribution < -0.4 is 5.73 Å². The molecule has 0 saturated heterocycles. The third kappa shape index (κ3) is 5.76. The van der Waals surface area contributed by atoms with Crippen molar-refractivity contribution in [2.24, 2.45) is 46.7 Å². The number of fused-ring (bicyclic) bond motifs is 3. The topological polar surface area (TPSA) is 161 Å². The number of hydrogen-bond acceptors (Lipinski definition) is 8. The van der Waals surface area contributed by atoms with Gasteiger partial charge < -0.3 is 26.2 Å². The maximum Gasteiger partial charge on any atom is 0.417 e. The fourth-order valence-electron chi connectivity index (χ4n) is 9.46. The van der Waals surface area contributed by atoms with Gasteiger partial charge in [-0.15, -0.1) is 0 Å². The molecular weight excluding hydrogens is 641 g/mol. The van der Waals surface area contributed by atoms with E-state index in [1.807, 2.05) is 0 Å². The van der Waals surface area contributed by atoms with Crippen molar-refractivity contribution in [3.05, 3.63) is 51.0 Å². The van der Waals surface area contributed by atoms with E-state index in [1.165, 1.54) is 0 Å². The number of phenols is 1. The number of nitrogens with zero attached hydrogens (tertiary/aromatic N) is 1. The highest BCUT2D eigenvalue weighted by molar-refractivity contribution is 6.24. The molecule has 268 valence electrons. The van der Waals surface area contributed by atoms with E-state index in [0.717, 1.165) is 38.2 Å². The maximum atomic E-state index is 15.2. The highest BCUT2D eigenvalue weighted by atomic mass is 19.4. The minimum atomic E-state index is -4.89. The van der Waals surface area contributed by atoms with Crippen molar-refractivity contribution in [3.8, 4) is 5.75 Å². The maximum absolute atomic E-state index is 15.2. The molecule has 0 aromatic heterocycles. The summed E-state index contributed by atoms with van der Waals surface area (Å²) < 4.78 is 45.5. The van der Waals surface area contributed by atoms with E-state index in [-0.39, 0.29) is 29.5 Å². The Morgan fingerprint density at radius 2 is 1.80 bits per heavy atom. The lowest BCUT2D eigenvalue weighted by Gasteiger charge is -2.55. The lowest BCUT2D eigenvalue weighted by molar-refractivity contribution is -0.144. The van der Waals surface area contributed by atoms with Crippen LogP contribution in [0.3, 0.4) is 0 Å². The Morgan fingerprint density at radius 3 is 2.35 bits per heavy atom. The number of phenolic OH excluding ortho intramolecular Hbond substituents is 1. The van der Waals surface area contributed by atoms with Crippen LogP contribution in [0.25, 0.3) is 0 Å². The van der Waals surface area contributed by atoms with Crippen LogP contribution >= 0.6 is 0 Å². The molecule has 0 bridgehead atoms. The van der Waals surface area contributed by atoms with E-state index in [9.17, 15) is 34.8 Å². The molecule has 5 aliphatic carbocycles. The molecule has 1 aromatic carbocycles. The predicted molar refractivity (Wildman–Crippen MR) is 173 cm³/mol. The number of Topliss-reactive ketones (excluding diaryl/α,β-unsaturated/α-hetero) is 2. The fourth-order valence-corrected chi connectivity index (χ4v) is 9.46. The molecular formula is C37H47F3N2O7. The van der Waals surface area contributed by atoms with Crippen LogP contribution in [-0.4, -0.2) is 61.5 Å². The summed E-state index contributed by atoms with van der Waals surface area (Å²) in [6.07, 6.45) is -0.970. The average Bonchev–Trinajstić information content (AvgIpc) is 3.80. The number of aliphatic hydroxyl groups is 3. The predicted octanol–water partition coefficient (Wildman–Crippen LogP) is 5.91. The smallest absolute Gasteiger partial charge is 0.417 e. The molecule has 3 unspecified atom stereocenters. The van der Waals surface area contributed by atoms with Gasteiger partial charge in [0.05, 0.1) is 11.1 Å². The van der Waals surface area contributed by atoms with Gasteiger partial charge in [0, 0.05) is 37.5 Å². The molecule has 0 heterocycles. The quantitative estimate of drug-likeness (QED) is 0.190. The van der Waals surface area contributed by atoms with Gasteiger partial charge in [-0.1, -0.05) is 34.1 Å². The normalized spacial score (nSPS) is 30.1. The van der Waals surface area contributed by atoms with Crippen LogP contribution in [0.15, 0.2) is 28.7 Å². The van der Waals surface area contributed by atoms with Crippen LogP contribution in [-0.2, 0) is 28.7 Å². The van der Waals surface area contributed by atoms with E-state index in [0.29, 0.717) is 36.8 Å². The molecule has 1 aromatic rings. The second-order valence-corrected chi connectivity index (χ2v) is 15.9. The highest BCUT2D eigenvalue weighted by Crippen LogP contribution is 2.56. The molecule has 2 fully saturated rings. The van der Waals surface area contributed by atoms with Crippen molar-refractivity contribution in [2.75, 3.05) is 13.1 Å². The molecule has 49 heavy (non-hydrogen) atoms. The van der Waals surface area contributed by atoms with E-state index in [1.54, 1.807) is 0 Å². The molecule has 1 amide bonds. The standard InChI is InChI=1S/C37H47F3N2O7/c1-5-6-19(24-9-17(2)35(24,3)4)15-42(14-18-7-8-18)16-21-12-25(43)28-23(30(21)37(38,39)40)11-20-10-22-13-26(44)29(34(41)48)33(47)36(22,49)32(46)27(20)31(28)45/h12,17-20,22,24,43-44,46,49H,5-11,13-16H2,1-4H3,(H2,41,48)/t17?,19-,20?,22+,24?,36+/m1/s1. The number of rotatable bonds is 10. The number of primary amides is 1. The summed E-state index contributed by atoms with van der Waals surface area (Å²) in [5.74, 6) is -6.90. The van der Waals surface area contributed by atoms with Gasteiger partial charge in [0.1, 0.15) is 22.8 Å². The van der Waals surface area contributed by atoms with Crippen molar-refractivity contribution in [3.63, 3.8) is 0 Å². The third-order valence-corrected chi connectivity index (χ3v) is 12.6. The number of allylic oxidation sites excluding steroid dienone is 2. The van der Waals surface area contributed by atoms with Gasteiger partial charge in [-0.3, -0.25) is 19.3 Å². The number of amides is 1. The van der Waals surface area contributed by atoms with Crippen LogP contribution in [0, 0.1) is 40.9 Å². The SMILES string of the molecule is CCC[C@H](CN(Cc1cc(O)c2c(c1C(F)(F)F)CC1C[C@H]3CC(O)=C(C(N)=O)C(=O)[C@@]3(O)C(O)=C1C2=O)CC1CC1)C1CC(C)C1(C)C. The molecule has 0 spiro atoms. The highest BCUT2D eigenvalue weighted by Gasteiger charge is 2.60. The van der Waals surface area contributed by atoms with Crippen molar-refractivity contribution in [2.45, 2.75) is 97.4 Å². The molecule has 6 rings (SSSR count). The van der Waals surface area contributed by atoms with E-state index < -0.39 is 93.5 Å². The van der Waals surface area contributed by atoms with Crippen molar-refractivity contribution < 1.29 is 48.0 Å². The lowest BCUT2D eigenvalue weighted by Crippen LogP contribution is -2.57. The van der Waals surface area contributed by atoms with E-state index in [2.05, 4.69) is 32.6 Å². The molecule has 0 radical (unpaired) electrons. The first-order valence-corrected chi connectivity index (χ1v) is 17.5. The molecule has 5 aliphatic rings. The first-order valence-electron chi connectivity index (χ1n) is 17.5. The Morgan fingerprint density at radius 1 is 1.12 bits per heavy atom. The van der Waals surface area contributed by atoms with E-state index >= 15 is 13.2 Å². The number of carbonyl (C=O) groups is 3. The average molecular weight is 689 g/mol. The van der Waals surface area contributed by atoms with Crippen LogP contribution in [0.1, 0.15) is 99.7 Å². The van der Waals surface area contributed by atoms with Gasteiger partial charge in [-0.2, -0.15) is 13.2 Å². The summed E-state index contributed by atoms with van der Waals surface area (Å²) >= 11 is 0. The lowest BCUT2D eigenvalue weighted by atomic mass is 9.51. The van der Waals surface area contributed by atoms with E-state index in [4.69, 9.17) is 5.73 Å². The van der Waals surface area contributed by atoms with Crippen molar-refractivity contribution >= 4 is 17.5 Å². The van der Waals surface area contributed by atoms with Gasteiger partial charge in [0.15, 0.2) is 11.4 Å². The number of ketones is 2. The second-order valence-electron chi connectivity index (χ2n) is 15.9. The van der Waals surface area contributed by atoms with Gasteiger partial charge in [0.2, 0.25) is 5.78 Å². The molecule has 9 nitrogen and oxygen atoms in total. The van der Waals surface area contributed by atoms with Gasteiger partial charge in [-0.25, -0.2) is 0 Å². The summed E-state index contributed by atoms with van der Waals surface area (Å²) in [5.41, 5.74) is -0.948. The monoisotopic (exact) mass is 688 g/mol. The first kappa shape index (κ1) is 35.4. The summed E-state index contributed by atoms with van der Waals surface area (Å²) in [4.78, 5) is 41.1. The zero-order valence-corrected chi connectivity index (χ0v) is 28.5. The number of aliphatic hydroxyl groups excluding tert-OH is 2. The number of aromatic hydroxyl groups is 1. The molecule has 12 heteroatoms. The Labute approximate surface area is 284 Å². The van der Waals surface area contributed by atoms with Gasteiger partial charge in [-0.05, 0) is 90.7 Å².